The molecule has 0 fully saturated rings. The molecular formula is C9H4ClF7N2O. The second-order valence-corrected chi connectivity index (χ2v) is 3.87. The van der Waals surface area contributed by atoms with Crippen LogP contribution in [0, 0.1) is 5.82 Å². The first-order chi connectivity index (χ1) is 8.85. The van der Waals surface area contributed by atoms with Crippen LogP contribution in [-0.2, 0) is 11.0 Å². The predicted molar refractivity (Wildman–Crippen MR) is 54.1 cm³/mol. The molecule has 0 aliphatic rings. The van der Waals surface area contributed by atoms with Crippen molar-refractivity contribution >= 4 is 23.2 Å². The molecule has 0 unspecified atom stereocenters. The minimum absolute atomic E-state index is 0.120. The van der Waals surface area contributed by atoms with E-state index in [2.05, 4.69) is 0 Å². The van der Waals surface area contributed by atoms with Crippen molar-refractivity contribution in [1.82, 2.24) is 0 Å². The lowest BCUT2D eigenvalue weighted by Crippen LogP contribution is -2.46. The van der Waals surface area contributed by atoms with Gasteiger partial charge in [-0.05, 0) is 12.1 Å². The van der Waals surface area contributed by atoms with Crippen molar-refractivity contribution in [3.8, 4) is 0 Å². The lowest BCUT2D eigenvalue weighted by atomic mass is 10.2. The van der Waals surface area contributed by atoms with Gasteiger partial charge in [-0.25, -0.2) is 15.2 Å². The van der Waals surface area contributed by atoms with Gasteiger partial charge in [0, 0.05) is 0 Å². The van der Waals surface area contributed by atoms with Crippen molar-refractivity contribution < 1.29 is 35.5 Å². The largest absolute Gasteiger partial charge is 0.473 e. The van der Waals surface area contributed by atoms with Crippen molar-refractivity contribution in [3.05, 3.63) is 28.5 Å². The van der Waals surface area contributed by atoms with Gasteiger partial charge in [-0.1, -0.05) is 11.6 Å². The summed E-state index contributed by atoms with van der Waals surface area (Å²) in [5.74, 6) is 0.246. The predicted octanol–water partition coefficient (Wildman–Crippen LogP) is 3.27. The number of carbonyl (C=O) groups excluding carboxylic acids is 1. The van der Waals surface area contributed by atoms with Gasteiger partial charge in [0.1, 0.15) is 5.69 Å². The molecule has 1 aromatic carbocycles. The summed E-state index contributed by atoms with van der Waals surface area (Å²) in [5, 5.41) is -1.78. The summed E-state index contributed by atoms with van der Waals surface area (Å²) >= 11 is 5.25. The number of hydrogen-bond acceptors (Lipinski definition) is 2. The molecule has 0 aliphatic heterocycles. The van der Waals surface area contributed by atoms with Gasteiger partial charge < -0.3 is 0 Å². The number of amides is 1. The Morgan fingerprint density at radius 3 is 2.00 bits per heavy atom. The Kier molecular flexibility index (Phi) is 4.20. The molecule has 0 aliphatic carbocycles. The summed E-state index contributed by atoms with van der Waals surface area (Å²) in [5.41, 5.74) is -2.83. The van der Waals surface area contributed by atoms with Crippen LogP contribution in [0.15, 0.2) is 12.1 Å². The fraction of sp³-hybridized carbons (Fsp3) is 0.222. The van der Waals surface area contributed by atoms with E-state index in [1.807, 2.05) is 0 Å². The molecule has 0 bridgehead atoms. The summed E-state index contributed by atoms with van der Waals surface area (Å²) in [6.45, 7) is 0. The average Bonchev–Trinajstić information content (AvgIpc) is 2.24. The van der Waals surface area contributed by atoms with Gasteiger partial charge >= 0.3 is 18.3 Å². The molecule has 0 heterocycles. The number of carbonyl (C=O) groups is 1. The molecule has 1 rings (SSSR count). The van der Waals surface area contributed by atoms with Crippen LogP contribution in [-0.4, -0.2) is 12.1 Å². The van der Waals surface area contributed by atoms with Crippen LogP contribution < -0.4 is 10.9 Å². The molecule has 2 N–H and O–H groups in total. The summed E-state index contributed by atoms with van der Waals surface area (Å²) in [7, 11) is 0. The molecule has 112 valence electrons. The van der Waals surface area contributed by atoms with E-state index in [0.717, 1.165) is 0 Å². The summed E-state index contributed by atoms with van der Waals surface area (Å²) in [6.07, 6.45) is -10.4. The lowest BCUT2D eigenvalue weighted by Gasteiger charge is -2.20. The third kappa shape index (κ3) is 3.31. The molecule has 0 radical (unpaired) electrons. The second-order valence-electron chi connectivity index (χ2n) is 3.46. The van der Waals surface area contributed by atoms with E-state index in [-0.39, 0.29) is 12.1 Å². The van der Waals surface area contributed by atoms with Gasteiger partial charge in [0.05, 0.1) is 10.6 Å². The molecule has 11 heteroatoms. The fourth-order valence-corrected chi connectivity index (χ4v) is 1.50. The van der Waals surface area contributed by atoms with Gasteiger partial charge in [0.25, 0.3) is 0 Å². The molecule has 20 heavy (non-hydrogen) atoms. The van der Waals surface area contributed by atoms with Crippen LogP contribution in [0.5, 0.6) is 0 Å². The standard InChI is InChI=1S/C9H4ClF7N2O/c10-4-1-3(8(12,13)14)2-5(11)6(4)19(18)7(20)9(15,16)17/h1-2H,18H2. The van der Waals surface area contributed by atoms with E-state index in [1.165, 1.54) is 0 Å². The van der Waals surface area contributed by atoms with Crippen molar-refractivity contribution in [2.45, 2.75) is 12.4 Å². The highest BCUT2D eigenvalue weighted by molar-refractivity contribution is 6.34. The van der Waals surface area contributed by atoms with Gasteiger partial charge in [-0.2, -0.15) is 26.3 Å². The summed E-state index contributed by atoms with van der Waals surface area (Å²) in [4.78, 5) is 10.8. The molecule has 0 atom stereocenters. The number of nitrogens with zero attached hydrogens (tertiary/aromatic N) is 1. The molecule has 0 spiro atoms. The highest BCUT2D eigenvalue weighted by Crippen LogP contribution is 2.37. The zero-order valence-electron chi connectivity index (χ0n) is 9.11. The highest BCUT2D eigenvalue weighted by Gasteiger charge is 2.44. The summed E-state index contributed by atoms with van der Waals surface area (Å²) in [6, 6.07) is 0.0359. The summed E-state index contributed by atoms with van der Waals surface area (Å²) < 4.78 is 86.7. The zero-order chi connectivity index (χ0) is 15.9. The third-order valence-corrected chi connectivity index (χ3v) is 2.33. The number of rotatable bonds is 1. The second kappa shape index (κ2) is 5.09. The van der Waals surface area contributed by atoms with Crippen LogP contribution in [0.3, 0.4) is 0 Å². The zero-order valence-corrected chi connectivity index (χ0v) is 9.87. The third-order valence-electron chi connectivity index (χ3n) is 2.05. The van der Waals surface area contributed by atoms with Crippen LogP contribution in [0.1, 0.15) is 5.56 Å². The first kappa shape index (κ1) is 16.5. The SMILES string of the molecule is NN(C(=O)C(F)(F)F)c1c(F)cc(C(F)(F)F)cc1Cl. The number of hydrazine groups is 1. The molecule has 1 amide bonds. The van der Waals surface area contributed by atoms with Crippen LogP contribution in [0.2, 0.25) is 5.02 Å². The Balaban J connectivity index is 3.32. The van der Waals surface area contributed by atoms with Crippen LogP contribution in [0.4, 0.5) is 36.4 Å². The Hall–Kier alpha value is -1.55. The first-order valence-electron chi connectivity index (χ1n) is 4.58. The number of halogens is 8. The van der Waals surface area contributed by atoms with Gasteiger partial charge in [0.2, 0.25) is 0 Å². The van der Waals surface area contributed by atoms with Gasteiger partial charge in [0.15, 0.2) is 5.82 Å². The quantitative estimate of drug-likeness (QED) is 0.373. The normalized spacial score (nSPS) is 12.4. The monoisotopic (exact) mass is 324 g/mol. The van der Waals surface area contributed by atoms with E-state index in [1.54, 1.807) is 0 Å². The molecule has 0 saturated heterocycles. The maximum atomic E-state index is 13.4. The maximum absolute atomic E-state index is 13.4. The van der Waals surface area contributed by atoms with Gasteiger partial charge in [-0.15, -0.1) is 0 Å². The van der Waals surface area contributed by atoms with Crippen molar-refractivity contribution in [1.29, 1.82) is 0 Å². The highest BCUT2D eigenvalue weighted by atomic mass is 35.5. The number of benzene rings is 1. The molecule has 0 saturated carbocycles. The van der Waals surface area contributed by atoms with E-state index in [4.69, 9.17) is 17.4 Å². The average molecular weight is 325 g/mol. The topological polar surface area (TPSA) is 46.3 Å². The molecule has 1 aromatic rings. The minimum atomic E-state index is -5.44. The Bertz CT molecular complexity index is 517. The lowest BCUT2D eigenvalue weighted by molar-refractivity contribution is -0.170. The maximum Gasteiger partial charge on any atom is 0.473 e. The number of anilines is 1. The Morgan fingerprint density at radius 1 is 1.15 bits per heavy atom. The number of hydrogen-bond donors (Lipinski definition) is 1. The fourth-order valence-electron chi connectivity index (χ4n) is 1.20. The number of nitrogens with two attached hydrogens (primary N) is 1. The van der Waals surface area contributed by atoms with Crippen LogP contribution >= 0.6 is 11.6 Å². The van der Waals surface area contributed by atoms with Crippen molar-refractivity contribution in [2.75, 3.05) is 5.01 Å². The molecule has 3 nitrogen and oxygen atoms in total. The Morgan fingerprint density at radius 2 is 1.65 bits per heavy atom. The van der Waals surface area contributed by atoms with Crippen LogP contribution in [0.25, 0.3) is 0 Å². The minimum Gasteiger partial charge on any atom is -0.262 e. The Labute approximate surface area is 111 Å². The molecular weight excluding hydrogens is 321 g/mol. The van der Waals surface area contributed by atoms with Crippen molar-refractivity contribution in [2.24, 2.45) is 5.84 Å². The van der Waals surface area contributed by atoms with E-state index in [0.29, 0.717) is 0 Å². The molecule has 0 aromatic heterocycles. The number of alkyl halides is 6. The van der Waals surface area contributed by atoms with Gasteiger partial charge in [-0.3, -0.25) is 4.79 Å². The smallest absolute Gasteiger partial charge is 0.262 e. The van der Waals surface area contributed by atoms with E-state index < -0.39 is 45.4 Å². The first-order valence-corrected chi connectivity index (χ1v) is 4.95. The van der Waals surface area contributed by atoms with E-state index in [9.17, 15) is 35.5 Å². The van der Waals surface area contributed by atoms with E-state index >= 15 is 0 Å². The van der Waals surface area contributed by atoms with Crippen molar-refractivity contribution in [3.63, 3.8) is 0 Å².